The summed E-state index contributed by atoms with van der Waals surface area (Å²) in [6.45, 7) is 1.03. The van der Waals surface area contributed by atoms with Gasteiger partial charge in [-0.1, -0.05) is 42.0 Å². The third-order valence-corrected chi connectivity index (χ3v) is 5.16. The monoisotopic (exact) mass is 344 g/mol. The summed E-state index contributed by atoms with van der Waals surface area (Å²) >= 11 is 0. The van der Waals surface area contributed by atoms with Crippen molar-refractivity contribution < 1.29 is 4.79 Å². The Bertz CT molecular complexity index is 1000. The number of fused-ring (bicyclic) bond motifs is 1. The van der Waals surface area contributed by atoms with Gasteiger partial charge in [-0.05, 0) is 36.6 Å². The van der Waals surface area contributed by atoms with E-state index in [1.165, 1.54) is 24.0 Å². The van der Waals surface area contributed by atoms with Gasteiger partial charge < -0.3 is 10.6 Å². The number of H-pyrrole nitrogens is 1. The van der Waals surface area contributed by atoms with Gasteiger partial charge in [-0.25, -0.2) is 0 Å². The molecule has 0 spiro atoms. The number of hydrogen-bond donors (Lipinski definition) is 3. The number of nitrogens with one attached hydrogen (secondary N) is 3. The van der Waals surface area contributed by atoms with Crippen LogP contribution in [0.3, 0.4) is 0 Å². The summed E-state index contributed by atoms with van der Waals surface area (Å²) in [5, 5.41) is 14.4. The van der Waals surface area contributed by atoms with E-state index in [4.69, 9.17) is 0 Å². The Hall–Kier alpha value is -2.92. The van der Waals surface area contributed by atoms with Crippen LogP contribution in [-0.2, 0) is 0 Å². The van der Waals surface area contributed by atoms with Crippen molar-refractivity contribution >= 4 is 22.5 Å². The van der Waals surface area contributed by atoms with E-state index in [2.05, 4.69) is 39.0 Å². The molecule has 3 N–H and O–H groups in total. The van der Waals surface area contributed by atoms with Crippen LogP contribution >= 0.6 is 0 Å². The number of rotatable bonds is 6. The highest BCUT2D eigenvalue weighted by Crippen LogP contribution is 2.41. The number of nitrogens with zero attached hydrogens (tertiary/aromatic N) is 1. The molecule has 2 atom stereocenters. The Labute approximate surface area is 151 Å². The normalized spacial score (nSPS) is 20.7. The van der Waals surface area contributed by atoms with Gasteiger partial charge in [0.15, 0.2) is 5.69 Å². The minimum atomic E-state index is -0.195. The second kappa shape index (κ2) is 6.11. The van der Waals surface area contributed by atoms with Crippen molar-refractivity contribution in [2.24, 2.45) is 0 Å². The van der Waals surface area contributed by atoms with Crippen molar-refractivity contribution in [1.82, 2.24) is 15.5 Å². The fraction of sp³-hybridized carbons (Fsp3) is 0.238. The zero-order valence-electron chi connectivity index (χ0n) is 14.3. The maximum atomic E-state index is 12.5. The lowest BCUT2D eigenvalue weighted by Gasteiger charge is -2.06. The van der Waals surface area contributed by atoms with Gasteiger partial charge in [-0.3, -0.25) is 9.89 Å². The molecular weight excluding hydrogens is 324 g/mol. The second-order valence-electron chi connectivity index (χ2n) is 7.09. The summed E-state index contributed by atoms with van der Waals surface area (Å²) in [5.41, 5.74) is 4.93. The molecule has 2 aliphatic rings. The third-order valence-electron chi connectivity index (χ3n) is 5.16. The lowest BCUT2D eigenvalue weighted by molar-refractivity contribution is 0.102. The van der Waals surface area contributed by atoms with Crippen LogP contribution in [0.25, 0.3) is 10.9 Å². The number of amides is 1. The van der Waals surface area contributed by atoms with Crippen molar-refractivity contribution in [3.05, 3.63) is 71.4 Å². The number of carbonyl (C=O) groups is 1. The first-order valence-corrected chi connectivity index (χ1v) is 9.03. The molecule has 1 saturated carbocycles. The number of aromatic nitrogens is 2. The number of benzene rings is 2. The molecule has 1 aromatic heterocycles. The molecule has 0 saturated heterocycles. The Morgan fingerprint density at radius 3 is 2.77 bits per heavy atom. The molecule has 0 aliphatic heterocycles. The van der Waals surface area contributed by atoms with Crippen LogP contribution in [0.15, 0.2) is 60.2 Å². The Kier molecular flexibility index (Phi) is 3.60. The lowest BCUT2D eigenvalue weighted by atomic mass is 10.1. The highest BCUT2D eigenvalue weighted by atomic mass is 16.1. The summed E-state index contributed by atoms with van der Waals surface area (Å²) in [5.74, 6) is 0.397. The van der Waals surface area contributed by atoms with Gasteiger partial charge >= 0.3 is 0 Å². The predicted octanol–water partition coefficient (Wildman–Crippen LogP) is 3.59. The van der Waals surface area contributed by atoms with Crippen molar-refractivity contribution in [2.45, 2.75) is 24.8 Å². The Morgan fingerprint density at radius 1 is 1.15 bits per heavy atom. The summed E-state index contributed by atoms with van der Waals surface area (Å²) in [7, 11) is 0. The SMILES string of the molecule is O=C(Nc1ccc(C2CC2NCC2=CC2)cc1)c1n[nH]c2ccccc12. The second-order valence-corrected chi connectivity index (χ2v) is 7.09. The first-order valence-electron chi connectivity index (χ1n) is 9.03. The molecule has 130 valence electrons. The van der Waals surface area contributed by atoms with Crippen LogP contribution in [0.5, 0.6) is 0 Å². The van der Waals surface area contributed by atoms with Crippen LogP contribution in [0.2, 0.25) is 0 Å². The third kappa shape index (κ3) is 3.02. The van der Waals surface area contributed by atoms with Crippen molar-refractivity contribution in [3.63, 3.8) is 0 Å². The van der Waals surface area contributed by atoms with Gasteiger partial charge in [0.1, 0.15) is 0 Å². The zero-order chi connectivity index (χ0) is 17.5. The van der Waals surface area contributed by atoms with Gasteiger partial charge in [0.2, 0.25) is 0 Å². The topological polar surface area (TPSA) is 69.8 Å². The van der Waals surface area contributed by atoms with Gasteiger partial charge in [0.25, 0.3) is 5.91 Å². The Balaban J connectivity index is 1.23. The minimum Gasteiger partial charge on any atom is -0.321 e. The number of hydrogen-bond acceptors (Lipinski definition) is 3. The summed E-state index contributed by atoms with van der Waals surface area (Å²) in [6.07, 6.45) is 4.65. The minimum absolute atomic E-state index is 0.195. The molecule has 26 heavy (non-hydrogen) atoms. The molecule has 5 rings (SSSR count). The maximum absolute atomic E-state index is 12.5. The number of aromatic amines is 1. The molecule has 5 nitrogen and oxygen atoms in total. The van der Waals surface area contributed by atoms with Crippen molar-refractivity contribution in [2.75, 3.05) is 11.9 Å². The van der Waals surface area contributed by atoms with E-state index < -0.39 is 0 Å². The number of carbonyl (C=O) groups excluding carboxylic acids is 1. The molecular formula is C21H20N4O. The summed E-state index contributed by atoms with van der Waals surface area (Å²) in [4.78, 5) is 12.5. The largest absolute Gasteiger partial charge is 0.321 e. The Morgan fingerprint density at radius 2 is 1.96 bits per heavy atom. The van der Waals surface area contributed by atoms with Gasteiger partial charge in [0, 0.05) is 29.6 Å². The van der Waals surface area contributed by atoms with Crippen LogP contribution < -0.4 is 10.6 Å². The molecule has 1 fully saturated rings. The maximum Gasteiger partial charge on any atom is 0.276 e. The first kappa shape index (κ1) is 15.3. The van der Waals surface area contributed by atoms with Gasteiger partial charge in [0.05, 0.1) is 5.52 Å². The fourth-order valence-corrected chi connectivity index (χ4v) is 3.41. The van der Waals surface area contributed by atoms with E-state index in [0.29, 0.717) is 17.7 Å². The highest BCUT2D eigenvalue weighted by molar-refractivity contribution is 6.11. The number of para-hydroxylation sites is 1. The first-order chi connectivity index (χ1) is 12.8. The molecule has 2 aromatic carbocycles. The molecule has 1 amide bonds. The van der Waals surface area contributed by atoms with E-state index in [-0.39, 0.29) is 5.91 Å². The van der Waals surface area contributed by atoms with Crippen LogP contribution in [0, 0.1) is 0 Å². The number of allylic oxidation sites excluding steroid dienone is 1. The van der Waals surface area contributed by atoms with E-state index in [9.17, 15) is 4.79 Å². The van der Waals surface area contributed by atoms with Crippen molar-refractivity contribution in [3.8, 4) is 0 Å². The van der Waals surface area contributed by atoms with Crippen LogP contribution in [0.4, 0.5) is 5.69 Å². The van der Waals surface area contributed by atoms with Crippen LogP contribution in [-0.4, -0.2) is 28.7 Å². The van der Waals surface area contributed by atoms with E-state index in [1.54, 1.807) is 0 Å². The summed E-state index contributed by atoms with van der Waals surface area (Å²) in [6, 6.07) is 16.4. The van der Waals surface area contributed by atoms with E-state index >= 15 is 0 Å². The van der Waals surface area contributed by atoms with Gasteiger partial charge in [-0.2, -0.15) is 5.10 Å². The van der Waals surface area contributed by atoms with Crippen LogP contribution in [0.1, 0.15) is 34.8 Å². The highest BCUT2D eigenvalue weighted by Gasteiger charge is 2.38. The fourth-order valence-electron chi connectivity index (χ4n) is 3.41. The molecule has 5 heteroatoms. The lowest BCUT2D eigenvalue weighted by Crippen LogP contribution is -2.18. The van der Waals surface area contributed by atoms with E-state index in [0.717, 1.165) is 23.1 Å². The molecule has 1 heterocycles. The van der Waals surface area contributed by atoms with E-state index in [1.807, 2.05) is 36.4 Å². The average Bonchev–Trinajstić information content (AvgIpc) is 3.58. The molecule has 0 radical (unpaired) electrons. The summed E-state index contributed by atoms with van der Waals surface area (Å²) < 4.78 is 0. The zero-order valence-corrected chi connectivity index (χ0v) is 14.3. The smallest absolute Gasteiger partial charge is 0.276 e. The molecule has 2 unspecified atom stereocenters. The van der Waals surface area contributed by atoms with Crippen molar-refractivity contribution in [1.29, 1.82) is 0 Å². The molecule has 0 bridgehead atoms. The number of anilines is 1. The predicted molar refractivity (Wildman–Crippen MR) is 102 cm³/mol. The average molecular weight is 344 g/mol. The molecule has 3 aromatic rings. The van der Waals surface area contributed by atoms with Gasteiger partial charge in [-0.15, -0.1) is 0 Å². The quantitative estimate of drug-likeness (QED) is 0.599. The molecule has 2 aliphatic carbocycles. The standard InChI is InChI=1S/C21H20N4O/c26-21(20-16-3-1-2-4-18(16)24-25-20)23-15-9-7-14(8-10-15)17-11-19(17)22-12-13-5-6-13/h1-5,7-10,17,19,22H,6,11-12H2,(H,23,26)(H,24,25).